The maximum absolute atomic E-state index is 12.3. The van der Waals surface area contributed by atoms with Crippen LogP contribution in [0, 0.1) is 0 Å². The van der Waals surface area contributed by atoms with Crippen LogP contribution in [0.5, 0.6) is 5.75 Å². The molecule has 4 aromatic rings. The van der Waals surface area contributed by atoms with Crippen molar-refractivity contribution in [3.8, 4) is 5.75 Å². The third kappa shape index (κ3) is 3.46. The molecule has 134 valence electrons. The van der Waals surface area contributed by atoms with Gasteiger partial charge in [0.15, 0.2) is 0 Å². The van der Waals surface area contributed by atoms with Gasteiger partial charge in [-0.1, -0.05) is 36.4 Å². The number of nitrogens with zero attached hydrogens (tertiary/aromatic N) is 1. The Morgan fingerprint density at radius 2 is 1.44 bits per heavy atom. The summed E-state index contributed by atoms with van der Waals surface area (Å²) in [5, 5.41) is 4.64. The first kappa shape index (κ1) is 16.7. The van der Waals surface area contributed by atoms with Gasteiger partial charge in [0, 0.05) is 16.5 Å². The number of carbonyl (C=O) groups is 1. The van der Waals surface area contributed by atoms with E-state index in [2.05, 4.69) is 21.2 Å². The Kier molecular flexibility index (Phi) is 4.45. The highest BCUT2D eigenvalue weighted by Gasteiger charge is 2.09. The van der Waals surface area contributed by atoms with Crippen molar-refractivity contribution < 1.29 is 9.53 Å². The summed E-state index contributed by atoms with van der Waals surface area (Å²) in [4.78, 5) is 17.0. The first-order chi connectivity index (χ1) is 13.2. The number of aromatic nitrogens is 1. The van der Waals surface area contributed by atoms with Crippen LogP contribution in [-0.4, -0.2) is 18.1 Å². The molecule has 0 unspecified atom stereocenters. The summed E-state index contributed by atoms with van der Waals surface area (Å²) in [6, 6.07) is 22.4. The fourth-order valence-corrected chi connectivity index (χ4v) is 2.93. The number of hydrogen-bond donors (Lipinski definition) is 3. The second-order valence-corrected chi connectivity index (χ2v) is 5.95. The van der Waals surface area contributed by atoms with Gasteiger partial charge >= 0.3 is 6.03 Å². The molecule has 6 nitrogen and oxygen atoms in total. The Morgan fingerprint density at radius 3 is 2.04 bits per heavy atom. The highest BCUT2D eigenvalue weighted by Crippen LogP contribution is 2.29. The molecule has 4 rings (SSSR count). The molecule has 27 heavy (non-hydrogen) atoms. The number of urea groups is 1. The van der Waals surface area contributed by atoms with Gasteiger partial charge in [0.25, 0.3) is 0 Å². The van der Waals surface area contributed by atoms with Crippen molar-refractivity contribution in [2.75, 3.05) is 17.9 Å². The smallest absolute Gasteiger partial charge is 0.337 e. The van der Waals surface area contributed by atoms with E-state index in [1.54, 1.807) is 31.4 Å². The van der Waals surface area contributed by atoms with E-state index in [0.717, 1.165) is 33.2 Å². The number of anilines is 2. The van der Waals surface area contributed by atoms with Crippen LogP contribution < -0.4 is 20.9 Å². The zero-order chi connectivity index (χ0) is 18.6. The lowest BCUT2D eigenvalue weighted by Crippen LogP contribution is -2.33. The summed E-state index contributed by atoms with van der Waals surface area (Å²) < 4.78 is 5.11. The standard InChI is InChI=1S/C21H18N4O2/c1-27-15-12-10-14(11-13-15)22-21(26)25-24-20-16-6-2-4-8-18(16)23-19-9-5-3-7-17(19)20/h2-13H,1H3,(H,23,24)(H2,22,25,26). The zero-order valence-electron chi connectivity index (χ0n) is 14.7. The molecular formula is C21H18N4O2. The molecule has 0 saturated heterocycles. The van der Waals surface area contributed by atoms with Gasteiger partial charge in [0.05, 0.1) is 23.8 Å². The van der Waals surface area contributed by atoms with E-state index in [0.29, 0.717) is 5.69 Å². The average Bonchev–Trinajstić information content (AvgIpc) is 2.71. The third-order valence-electron chi connectivity index (χ3n) is 4.24. The summed E-state index contributed by atoms with van der Waals surface area (Å²) in [6.07, 6.45) is 0. The minimum atomic E-state index is -0.370. The second-order valence-electron chi connectivity index (χ2n) is 5.95. The van der Waals surface area contributed by atoms with Gasteiger partial charge in [-0.3, -0.25) is 10.9 Å². The molecule has 1 heterocycles. The molecule has 3 aromatic carbocycles. The van der Waals surface area contributed by atoms with Crippen LogP contribution in [0.3, 0.4) is 0 Å². The Balaban J connectivity index is 1.57. The Bertz CT molecular complexity index is 1060. The molecule has 0 bridgehead atoms. The fraction of sp³-hybridized carbons (Fsp3) is 0.0476. The van der Waals surface area contributed by atoms with Crippen molar-refractivity contribution >= 4 is 39.2 Å². The topological polar surface area (TPSA) is 75.3 Å². The van der Waals surface area contributed by atoms with Gasteiger partial charge < -0.3 is 10.1 Å². The lowest BCUT2D eigenvalue weighted by atomic mass is 10.1. The molecule has 0 aliphatic rings. The van der Waals surface area contributed by atoms with Gasteiger partial charge in [0.2, 0.25) is 0 Å². The minimum Gasteiger partial charge on any atom is -0.497 e. The Morgan fingerprint density at radius 1 is 0.852 bits per heavy atom. The number of hydrogen-bond acceptors (Lipinski definition) is 4. The van der Waals surface area contributed by atoms with Crippen LogP contribution in [0.2, 0.25) is 0 Å². The Labute approximate surface area is 156 Å². The highest BCUT2D eigenvalue weighted by molar-refractivity contribution is 6.07. The normalized spacial score (nSPS) is 10.6. The number of nitrogens with one attached hydrogen (secondary N) is 3. The number of fused-ring (bicyclic) bond motifs is 2. The predicted molar refractivity (Wildman–Crippen MR) is 108 cm³/mol. The van der Waals surface area contributed by atoms with Crippen LogP contribution in [0.25, 0.3) is 21.8 Å². The van der Waals surface area contributed by atoms with Gasteiger partial charge in [-0.2, -0.15) is 0 Å². The van der Waals surface area contributed by atoms with E-state index in [9.17, 15) is 4.79 Å². The lowest BCUT2D eigenvalue weighted by Gasteiger charge is -2.14. The molecule has 1 aromatic heterocycles. The van der Waals surface area contributed by atoms with Crippen LogP contribution in [-0.2, 0) is 0 Å². The van der Waals surface area contributed by atoms with Crippen molar-refractivity contribution in [2.24, 2.45) is 0 Å². The van der Waals surface area contributed by atoms with Crippen molar-refractivity contribution in [1.29, 1.82) is 0 Å². The van der Waals surface area contributed by atoms with E-state index in [4.69, 9.17) is 4.74 Å². The molecule has 0 radical (unpaired) electrons. The van der Waals surface area contributed by atoms with Gasteiger partial charge in [-0.15, -0.1) is 0 Å². The number of benzene rings is 3. The van der Waals surface area contributed by atoms with Crippen molar-refractivity contribution in [3.63, 3.8) is 0 Å². The molecule has 2 amide bonds. The summed E-state index contributed by atoms with van der Waals surface area (Å²) >= 11 is 0. The number of methoxy groups -OCH3 is 1. The molecule has 0 aliphatic carbocycles. The lowest BCUT2D eigenvalue weighted by molar-refractivity contribution is 0.254. The number of hydrazine groups is 1. The van der Waals surface area contributed by atoms with Gasteiger partial charge in [-0.25, -0.2) is 9.78 Å². The molecule has 0 atom stereocenters. The number of para-hydroxylation sites is 2. The van der Waals surface area contributed by atoms with E-state index in [1.807, 2.05) is 48.5 Å². The molecular weight excluding hydrogens is 340 g/mol. The summed E-state index contributed by atoms with van der Waals surface area (Å²) in [5.74, 6) is 0.730. The minimum absolute atomic E-state index is 0.370. The van der Waals surface area contributed by atoms with Crippen LogP contribution in [0.1, 0.15) is 0 Å². The van der Waals surface area contributed by atoms with Gasteiger partial charge in [0.1, 0.15) is 5.75 Å². The quantitative estimate of drug-likeness (QED) is 0.370. The largest absolute Gasteiger partial charge is 0.497 e. The van der Waals surface area contributed by atoms with Crippen molar-refractivity contribution in [1.82, 2.24) is 10.4 Å². The second kappa shape index (κ2) is 7.21. The summed E-state index contributed by atoms with van der Waals surface area (Å²) in [7, 11) is 1.60. The number of amides is 2. The number of carbonyl (C=O) groups excluding carboxylic acids is 1. The summed E-state index contributed by atoms with van der Waals surface area (Å²) in [6.45, 7) is 0. The number of rotatable bonds is 4. The first-order valence-electron chi connectivity index (χ1n) is 8.49. The van der Waals surface area contributed by atoms with E-state index < -0.39 is 0 Å². The van der Waals surface area contributed by atoms with Crippen molar-refractivity contribution in [2.45, 2.75) is 0 Å². The maximum atomic E-state index is 12.3. The van der Waals surface area contributed by atoms with Gasteiger partial charge in [-0.05, 0) is 36.4 Å². The first-order valence-corrected chi connectivity index (χ1v) is 8.49. The highest BCUT2D eigenvalue weighted by atomic mass is 16.5. The molecule has 6 heteroatoms. The monoisotopic (exact) mass is 358 g/mol. The van der Waals surface area contributed by atoms with Crippen LogP contribution in [0.15, 0.2) is 72.8 Å². The van der Waals surface area contributed by atoms with E-state index in [-0.39, 0.29) is 6.03 Å². The molecule has 0 fully saturated rings. The number of ether oxygens (including phenoxy) is 1. The van der Waals surface area contributed by atoms with E-state index >= 15 is 0 Å². The number of pyridine rings is 1. The maximum Gasteiger partial charge on any atom is 0.337 e. The zero-order valence-corrected chi connectivity index (χ0v) is 14.7. The molecule has 0 spiro atoms. The molecule has 3 N–H and O–H groups in total. The van der Waals surface area contributed by atoms with E-state index in [1.165, 1.54) is 0 Å². The third-order valence-corrected chi connectivity index (χ3v) is 4.24. The van der Waals surface area contributed by atoms with Crippen molar-refractivity contribution in [3.05, 3.63) is 72.8 Å². The predicted octanol–water partition coefficient (Wildman–Crippen LogP) is 4.55. The summed E-state index contributed by atoms with van der Waals surface area (Å²) in [5.41, 5.74) is 8.94. The molecule has 0 aliphatic heterocycles. The molecule has 0 saturated carbocycles. The Hall–Kier alpha value is -3.80. The average molecular weight is 358 g/mol. The fourth-order valence-electron chi connectivity index (χ4n) is 2.93. The SMILES string of the molecule is COc1ccc(NC(=O)NNc2c3ccccc3nc3ccccc23)cc1. The van der Waals surface area contributed by atoms with Crippen LogP contribution in [0.4, 0.5) is 16.2 Å². The van der Waals surface area contributed by atoms with Crippen LogP contribution >= 0.6 is 0 Å².